The van der Waals surface area contributed by atoms with Gasteiger partial charge >= 0.3 is 0 Å². The Labute approximate surface area is 114 Å². The van der Waals surface area contributed by atoms with Gasteiger partial charge in [-0.1, -0.05) is 51.9 Å². The molecule has 2 rings (SSSR count). The van der Waals surface area contributed by atoms with E-state index in [-0.39, 0.29) is 0 Å². The third kappa shape index (κ3) is 4.26. The largest absolute Gasteiger partial charge is 0.317 e. The zero-order valence-corrected chi connectivity index (χ0v) is 12.6. The van der Waals surface area contributed by atoms with Crippen LogP contribution in [0.5, 0.6) is 0 Å². The van der Waals surface area contributed by atoms with Crippen molar-refractivity contribution in [2.45, 2.75) is 83.6 Å². The van der Waals surface area contributed by atoms with Crippen molar-refractivity contribution >= 4 is 0 Å². The maximum atomic E-state index is 3.63. The summed E-state index contributed by atoms with van der Waals surface area (Å²) in [5.74, 6) is 2.98. The lowest BCUT2D eigenvalue weighted by molar-refractivity contribution is 0.207. The van der Waals surface area contributed by atoms with Crippen molar-refractivity contribution in [3.63, 3.8) is 0 Å². The van der Waals surface area contributed by atoms with Gasteiger partial charge in [0, 0.05) is 6.04 Å². The van der Waals surface area contributed by atoms with Crippen LogP contribution in [0.2, 0.25) is 0 Å². The first-order valence-corrected chi connectivity index (χ1v) is 8.47. The molecule has 0 saturated heterocycles. The van der Waals surface area contributed by atoms with Crippen molar-refractivity contribution in [3.8, 4) is 0 Å². The van der Waals surface area contributed by atoms with Crippen LogP contribution in [0.4, 0.5) is 0 Å². The standard InChI is InChI=1S/C17H33N/c1-14-7-6-10-16(13-14)17(18-2)12-11-15-8-4-3-5-9-15/h14-18H,3-13H2,1-2H3. The predicted molar refractivity (Wildman–Crippen MR) is 79.8 cm³/mol. The van der Waals surface area contributed by atoms with Crippen LogP contribution >= 0.6 is 0 Å². The first kappa shape index (κ1) is 14.4. The van der Waals surface area contributed by atoms with E-state index >= 15 is 0 Å². The molecular weight excluding hydrogens is 218 g/mol. The number of nitrogens with one attached hydrogen (secondary N) is 1. The summed E-state index contributed by atoms with van der Waals surface area (Å²) in [6.07, 6.45) is 16.3. The molecule has 2 fully saturated rings. The molecule has 2 aliphatic carbocycles. The summed E-state index contributed by atoms with van der Waals surface area (Å²) in [4.78, 5) is 0. The van der Waals surface area contributed by atoms with Gasteiger partial charge in [0.1, 0.15) is 0 Å². The van der Waals surface area contributed by atoms with Crippen molar-refractivity contribution in [2.75, 3.05) is 7.05 Å². The summed E-state index contributed by atoms with van der Waals surface area (Å²) in [5, 5.41) is 3.63. The summed E-state index contributed by atoms with van der Waals surface area (Å²) in [7, 11) is 2.19. The van der Waals surface area contributed by atoms with Gasteiger partial charge in [-0.15, -0.1) is 0 Å². The number of hydrogen-bond donors (Lipinski definition) is 1. The van der Waals surface area contributed by atoms with Gasteiger partial charge in [-0.3, -0.25) is 0 Å². The van der Waals surface area contributed by atoms with Gasteiger partial charge in [-0.05, 0) is 50.5 Å². The fourth-order valence-corrected chi connectivity index (χ4v) is 4.35. The van der Waals surface area contributed by atoms with Gasteiger partial charge in [0.25, 0.3) is 0 Å². The third-order valence-corrected chi connectivity index (χ3v) is 5.53. The molecule has 0 aliphatic heterocycles. The van der Waals surface area contributed by atoms with Crippen molar-refractivity contribution in [3.05, 3.63) is 0 Å². The molecule has 0 radical (unpaired) electrons. The molecule has 106 valence electrons. The zero-order chi connectivity index (χ0) is 12.8. The van der Waals surface area contributed by atoms with Crippen molar-refractivity contribution in [2.24, 2.45) is 17.8 Å². The van der Waals surface area contributed by atoms with E-state index < -0.39 is 0 Å². The van der Waals surface area contributed by atoms with Crippen molar-refractivity contribution in [1.29, 1.82) is 0 Å². The summed E-state index contributed by atoms with van der Waals surface area (Å²) >= 11 is 0. The van der Waals surface area contributed by atoms with Gasteiger partial charge in [0.05, 0.1) is 0 Å². The molecule has 1 heteroatoms. The highest BCUT2D eigenvalue weighted by Gasteiger charge is 2.26. The monoisotopic (exact) mass is 251 g/mol. The van der Waals surface area contributed by atoms with E-state index in [1.54, 1.807) is 0 Å². The van der Waals surface area contributed by atoms with E-state index in [9.17, 15) is 0 Å². The topological polar surface area (TPSA) is 12.0 Å². The molecule has 0 heterocycles. The maximum absolute atomic E-state index is 3.63. The highest BCUT2D eigenvalue weighted by Crippen LogP contribution is 2.34. The lowest BCUT2D eigenvalue weighted by Crippen LogP contribution is -2.36. The van der Waals surface area contributed by atoms with Crippen LogP contribution in [0, 0.1) is 17.8 Å². The Kier molecular flexibility index (Phi) is 6.01. The molecule has 0 aromatic carbocycles. The smallest absolute Gasteiger partial charge is 0.00925 e. The van der Waals surface area contributed by atoms with Gasteiger partial charge < -0.3 is 5.32 Å². The van der Waals surface area contributed by atoms with E-state index in [1.165, 1.54) is 70.6 Å². The molecule has 0 aromatic heterocycles. The Bertz CT molecular complexity index is 220. The fourth-order valence-electron chi connectivity index (χ4n) is 4.35. The molecule has 3 atom stereocenters. The second-order valence-electron chi connectivity index (χ2n) is 7.01. The van der Waals surface area contributed by atoms with E-state index in [4.69, 9.17) is 0 Å². The molecule has 3 unspecified atom stereocenters. The molecule has 2 aliphatic rings. The molecule has 0 bridgehead atoms. The minimum atomic E-state index is 0.801. The second-order valence-corrected chi connectivity index (χ2v) is 7.01. The Morgan fingerprint density at radius 2 is 1.78 bits per heavy atom. The van der Waals surface area contributed by atoms with Gasteiger partial charge in [-0.2, -0.15) is 0 Å². The number of hydrogen-bond acceptors (Lipinski definition) is 1. The lowest BCUT2D eigenvalue weighted by Gasteiger charge is -2.34. The lowest BCUT2D eigenvalue weighted by atomic mass is 9.76. The Balaban J connectivity index is 1.73. The van der Waals surface area contributed by atoms with E-state index in [0.717, 1.165) is 23.8 Å². The van der Waals surface area contributed by atoms with Crippen molar-refractivity contribution < 1.29 is 0 Å². The summed E-state index contributed by atoms with van der Waals surface area (Å²) in [6.45, 7) is 2.44. The predicted octanol–water partition coefficient (Wildman–Crippen LogP) is 4.76. The molecule has 1 N–H and O–H groups in total. The average molecular weight is 251 g/mol. The molecule has 0 aromatic rings. The summed E-state index contributed by atoms with van der Waals surface area (Å²) in [5.41, 5.74) is 0. The van der Waals surface area contributed by atoms with Crippen LogP contribution in [-0.2, 0) is 0 Å². The average Bonchev–Trinajstić information content (AvgIpc) is 2.41. The highest BCUT2D eigenvalue weighted by atomic mass is 14.9. The van der Waals surface area contributed by atoms with Crippen LogP contribution in [0.25, 0.3) is 0 Å². The molecular formula is C17H33N. The highest BCUT2D eigenvalue weighted by molar-refractivity contribution is 4.81. The van der Waals surface area contributed by atoms with Crippen LogP contribution in [0.15, 0.2) is 0 Å². The summed E-state index contributed by atoms with van der Waals surface area (Å²) in [6, 6.07) is 0.801. The van der Waals surface area contributed by atoms with Crippen LogP contribution < -0.4 is 5.32 Å². The summed E-state index contributed by atoms with van der Waals surface area (Å²) < 4.78 is 0. The minimum absolute atomic E-state index is 0.801. The van der Waals surface area contributed by atoms with Crippen molar-refractivity contribution in [1.82, 2.24) is 5.32 Å². The molecule has 1 nitrogen and oxygen atoms in total. The molecule has 0 spiro atoms. The van der Waals surface area contributed by atoms with Crippen LogP contribution in [0.3, 0.4) is 0 Å². The Hall–Kier alpha value is -0.0400. The molecule has 0 amide bonds. The van der Waals surface area contributed by atoms with E-state index in [0.29, 0.717) is 0 Å². The Morgan fingerprint density at radius 3 is 2.44 bits per heavy atom. The SMILES string of the molecule is CNC(CCC1CCCCC1)C1CCCC(C)C1. The van der Waals surface area contributed by atoms with Crippen LogP contribution in [0.1, 0.15) is 77.6 Å². The van der Waals surface area contributed by atoms with E-state index in [2.05, 4.69) is 19.3 Å². The van der Waals surface area contributed by atoms with E-state index in [1.807, 2.05) is 0 Å². The van der Waals surface area contributed by atoms with Gasteiger partial charge in [0.2, 0.25) is 0 Å². The molecule has 18 heavy (non-hydrogen) atoms. The normalized spacial score (nSPS) is 32.3. The third-order valence-electron chi connectivity index (χ3n) is 5.53. The fraction of sp³-hybridized carbons (Fsp3) is 1.00. The quantitative estimate of drug-likeness (QED) is 0.743. The van der Waals surface area contributed by atoms with Gasteiger partial charge in [0.15, 0.2) is 0 Å². The molecule has 2 saturated carbocycles. The van der Waals surface area contributed by atoms with Gasteiger partial charge in [-0.25, -0.2) is 0 Å². The number of rotatable bonds is 5. The first-order chi connectivity index (χ1) is 8.79. The Morgan fingerprint density at radius 1 is 1.00 bits per heavy atom. The minimum Gasteiger partial charge on any atom is -0.317 e. The first-order valence-electron chi connectivity index (χ1n) is 8.47. The second kappa shape index (κ2) is 7.53. The zero-order valence-electron chi connectivity index (χ0n) is 12.6. The van der Waals surface area contributed by atoms with Crippen LogP contribution in [-0.4, -0.2) is 13.1 Å². The maximum Gasteiger partial charge on any atom is 0.00925 e.